The van der Waals surface area contributed by atoms with Crippen molar-refractivity contribution in [3.8, 4) is 33.4 Å². The minimum Gasteiger partial charge on any atom is -0.0843 e. The van der Waals surface area contributed by atoms with Gasteiger partial charge in [0, 0.05) is 5.02 Å². The molecule has 0 atom stereocenters. The average Bonchev–Trinajstić information content (AvgIpc) is 2.69. The molecule has 0 fully saturated rings. The van der Waals surface area contributed by atoms with Gasteiger partial charge in [-0.15, -0.1) is 0 Å². The summed E-state index contributed by atoms with van der Waals surface area (Å²) in [6.45, 7) is 0. The van der Waals surface area contributed by atoms with Crippen LogP contribution in [-0.4, -0.2) is 0 Å². The van der Waals surface area contributed by atoms with Crippen molar-refractivity contribution in [3.63, 3.8) is 0 Å². The predicted molar refractivity (Wildman–Crippen MR) is 108 cm³/mol. The van der Waals surface area contributed by atoms with Crippen LogP contribution in [0.5, 0.6) is 0 Å². The van der Waals surface area contributed by atoms with Crippen molar-refractivity contribution in [3.05, 3.63) is 108 Å². The average molecular weight is 341 g/mol. The summed E-state index contributed by atoms with van der Waals surface area (Å²) >= 11 is 6.21. The van der Waals surface area contributed by atoms with E-state index in [1.807, 2.05) is 30.3 Å². The number of halogens is 1. The summed E-state index contributed by atoms with van der Waals surface area (Å²) in [5.41, 5.74) is 7.13. The maximum absolute atomic E-state index is 6.21. The topological polar surface area (TPSA) is 0 Å². The van der Waals surface area contributed by atoms with Gasteiger partial charge in [0.2, 0.25) is 0 Å². The molecule has 0 spiro atoms. The second kappa shape index (κ2) is 6.96. The third-order valence-corrected chi connectivity index (χ3v) is 4.54. The lowest BCUT2D eigenvalue weighted by atomic mass is 9.93. The Hall–Kier alpha value is -2.83. The monoisotopic (exact) mass is 340 g/mol. The van der Waals surface area contributed by atoms with E-state index >= 15 is 0 Å². The molecule has 120 valence electrons. The first-order valence-corrected chi connectivity index (χ1v) is 8.69. The SMILES string of the molecule is Clc1cccc(-c2cc(-c3ccccc3)cc(-c3ccccc3)c2)c1. The highest BCUT2D eigenvalue weighted by Gasteiger charge is 2.07. The van der Waals surface area contributed by atoms with Crippen LogP contribution in [-0.2, 0) is 0 Å². The van der Waals surface area contributed by atoms with Gasteiger partial charge in [-0.05, 0) is 63.7 Å². The molecular weight excluding hydrogens is 324 g/mol. The number of benzene rings is 4. The van der Waals surface area contributed by atoms with Crippen molar-refractivity contribution in [1.82, 2.24) is 0 Å². The van der Waals surface area contributed by atoms with E-state index in [0.29, 0.717) is 0 Å². The summed E-state index contributed by atoms with van der Waals surface area (Å²) in [5.74, 6) is 0. The molecule has 0 aliphatic carbocycles. The van der Waals surface area contributed by atoms with Crippen LogP contribution in [0.25, 0.3) is 33.4 Å². The molecule has 4 aromatic carbocycles. The normalized spacial score (nSPS) is 10.6. The van der Waals surface area contributed by atoms with Crippen molar-refractivity contribution in [2.75, 3.05) is 0 Å². The number of rotatable bonds is 3. The van der Waals surface area contributed by atoms with E-state index in [4.69, 9.17) is 11.6 Å². The van der Waals surface area contributed by atoms with E-state index in [-0.39, 0.29) is 0 Å². The molecule has 0 aromatic heterocycles. The van der Waals surface area contributed by atoms with Gasteiger partial charge in [0.1, 0.15) is 0 Å². The lowest BCUT2D eigenvalue weighted by molar-refractivity contribution is 1.56. The highest BCUT2D eigenvalue weighted by atomic mass is 35.5. The molecule has 4 rings (SSSR count). The van der Waals surface area contributed by atoms with Crippen molar-refractivity contribution in [2.24, 2.45) is 0 Å². The van der Waals surface area contributed by atoms with Crippen LogP contribution in [0.3, 0.4) is 0 Å². The van der Waals surface area contributed by atoms with Crippen LogP contribution in [0.4, 0.5) is 0 Å². The molecule has 0 nitrogen and oxygen atoms in total. The Bertz CT molecular complexity index is 931. The Morgan fingerprint density at radius 2 is 0.800 bits per heavy atom. The Balaban J connectivity index is 1.92. The molecule has 25 heavy (non-hydrogen) atoms. The Morgan fingerprint density at radius 1 is 0.360 bits per heavy atom. The fourth-order valence-electron chi connectivity index (χ4n) is 3.06. The zero-order valence-electron chi connectivity index (χ0n) is 13.7. The maximum Gasteiger partial charge on any atom is 0.0412 e. The molecule has 0 saturated carbocycles. The molecule has 0 unspecified atom stereocenters. The molecule has 0 heterocycles. The second-order valence-corrected chi connectivity index (χ2v) is 6.48. The van der Waals surface area contributed by atoms with Crippen molar-refractivity contribution >= 4 is 11.6 Å². The van der Waals surface area contributed by atoms with Gasteiger partial charge < -0.3 is 0 Å². The first-order chi connectivity index (χ1) is 12.3. The van der Waals surface area contributed by atoms with Gasteiger partial charge in [-0.1, -0.05) is 84.4 Å². The van der Waals surface area contributed by atoms with Gasteiger partial charge in [-0.3, -0.25) is 0 Å². The third-order valence-electron chi connectivity index (χ3n) is 4.31. The largest absolute Gasteiger partial charge is 0.0843 e. The molecular formula is C24H17Cl. The van der Waals surface area contributed by atoms with Crippen molar-refractivity contribution in [1.29, 1.82) is 0 Å². The smallest absolute Gasteiger partial charge is 0.0412 e. The standard InChI is InChI=1S/C24H17Cl/c25-24-13-7-12-20(17-24)23-15-21(18-8-3-1-4-9-18)14-22(16-23)19-10-5-2-6-11-19/h1-17H. The van der Waals surface area contributed by atoms with E-state index in [0.717, 1.165) is 10.6 Å². The molecule has 0 aliphatic rings. The molecule has 0 radical (unpaired) electrons. The highest BCUT2D eigenvalue weighted by Crippen LogP contribution is 2.33. The summed E-state index contributed by atoms with van der Waals surface area (Å²) < 4.78 is 0. The van der Waals surface area contributed by atoms with Crippen LogP contribution in [0.15, 0.2) is 103 Å². The summed E-state index contributed by atoms with van der Waals surface area (Å²) in [6.07, 6.45) is 0. The summed E-state index contributed by atoms with van der Waals surface area (Å²) in [7, 11) is 0. The van der Waals surface area contributed by atoms with E-state index < -0.39 is 0 Å². The van der Waals surface area contributed by atoms with Gasteiger partial charge in [0.25, 0.3) is 0 Å². The zero-order chi connectivity index (χ0) is 17.1. The third kappa shape index (κ3) is 3.50. The van der Waals surface area contributed by atoms with E-state index in [2.05, 4.69) is 72.8 Å². The maximum atomic E-state index is 6.21. The van der Waals surface area contributed by atoms with Crippen LogP contribution in [0, 0.1) is 0 Å². The lowest BCUT2D eigenvalue weighted by Crippen LogP contribution is -1.86. The van der Waals surface area contributed by atoms with Gasteiger partial charge in [-0.2, -0.15) is 0 Å². The predicted octanol–water partition coefficient (Wildman–Crippen LogP) is 7.34. The van der Waals surface area contributed by atoms with Gasteiger partial charge in [-0.25, -0.2) is 0 Å². The Labute approximate surface area is 153 Å². The molecule has 0 saturated heterocycles. The van der Waals surface area contributed by atoms with E-state index in [1.54, 1.807) is 0 Å². The Morgan fingerprint density at radius 3 is 1.28 bits per heavy atom. The molecule has 0 aliphatic heterocycles. The minimum atomic E-state index is 0.754. The van der Waals surface area contributed by atoms with Gasteiger partial charge in [0.15, 0.2) is 0 Å². The fraction of sp³-hybridized carbons (Fsp3) is 0. The first kappa shape index (κ1) is 15.7. The zero-order valence-corrected chi connectivity index (χ0v) is 14.4. The van der Waals surface area contributed by atoms with Crippen LogP contribution in [0.1, 0.15) is 0 Å². The number of hydrogen-bond donors (Lipinski definition) is 0. The fourth-order valence-corrected chi connectivity index (χ4v) is 3.25. The van der Waals surface area contributed by atoms with Crippen molar-refractivity contribution < 1.29 is 0 Å². The van der Waals surface area contributed by atoms with E-state index in [1.165, 1.54) is 27.8 Å². The highest BCUT2D eigenvalue weighted by molar-refractivity contribution is 6.30. The number of hydrogen-bond acceptors (Lipinski definition) is 0. The lowest BCUT2D eigenvalue weighted by Gasteiger charge is -2.11. The van der Waals surface area contributed by atoms with Crippen LogP contribution < -0.4 is 0 Å². The second-order valence-electron chi connectivity index (χ2n) is 6.04. The molecule has 0 bridgehead atoms. The summed E-state index contributed by atoms with van der Waals surface area (Å²) in [5, 5.41) is 0.754. The molecule has 4 aromatic rings. The summed E-state index contributed by atoms with van der Waals surface area (Å²) in [6, 6.07) is 35.7. The van der Waals surface area contributed by atoms with E-state index in [9.17, 15) is 0 Å². The van der Waals surface area contributed by atoms with Crippen LogP contribution in [0.2, 0.25) is 5.02 Å². The van der Waals surface area contributed by atoms with Crippen molar-refractivity contribution in [2.45, 2.75) is 0 Å². The Kier molecular flexibility index (Phi) is 4.37. The molecule has 0 amide bonds. The first-order valence-electron chi connectivity index (χ1n) is 8.31. The quantitative estimate of drug-likeness (QED) is 0.366. The van der Waals surface area contributed by atoms with Crippen LogP contribution >= 0.6 is 11.6 Å². The molecule has 1 heteroatoms. The summed E-state index contributed by atoms with van der Waals surface area (Å²) in [4.78, 5) is 0. The van der Waals surface area contributed by atoms with Gasteiger partial charge >= 0.3 is 0 Å². The molecule has 0 N–H and O–H groups in total. The van der Waals surface area contributed by atoms with Gasteiger partial charge in [0.05, 0.1) is 0 Å². The minimum absolute atomic E-state index is 0.754.